The summed E-state index contributed by atoms with van der Waals surface area (Å²) in [4.78, 5) is 13.7. The lowest BCUT2D eigenvalue weighted by Gasteiger charge is -2.24. The summed E-state index contributed by atoms with van der Waals surface area (Å²) in [6.07, 6.45) is 4.24. The second kappa shape index (κ2) is 6.35. The molecule has 1 heterocycles. The van der Waals surface area contributed by atoms with Gasteiger partial charge >= 0.3 is 0 Å². The molecule has 4 heteroatoms. The van der Waals surface area contributed by atoms with Crippen molar-refractivity contribution in [2.75, 3.05) is 13.1 Å². The van der Waals surface area contributed by atoms with Crippen molar-refractivity contribution in [3.8, 4) is 0 Å². The normalized spacial score (nSPS) is 12.4. The van der Waals surface area contributed by atoms with Gasteiger partial charge in [0.15, 0.2) is 5.13 Å². The Morgan fingerprint density at radius 2 is 2.00 bits per heavy atom. The molecule has 0 amide bonds. The summed E-state index contributed by atoms with van der Waals surface area (Å²) in [5, 5.41) is -0.279. The highest BCUT2D eigenvalue weighted by Gasteiger charge is 2.19. The molecular weight excluding hydrogens is 225 g/mol. The molecule has 0 aliphatic carbocycles. The van der Waals surface area contributed by atoms with E-state index in [2.05, 4.69) is 13.2 Å². The molecule has 0 fully saturated rings. The van der Waals surface area contributed by atoms with E-state index in [1.165, 1.54) is 6.07 Å². The molecule has 86 valence electrons. The van der Waals surface area contributed by atoms with Gasteiger partial charge in [-0.1, -0.05) is 12.2 Å². The molecule has 0 aliphatic rings. The lowest BCUT2D eigenvalue weighted by atomic mass is 10.2. The first-order valence-corrected chi connectivity index (χ1v) is 5.71. The van der Waals surface area contributed by atoms with E-state index in [0.717, 1.165) is 17.6 Å². The molecule has 0 spiro atoms. The van der Waals surface area contributed by atoms with Gasteiger partial charge in [-0.2, -0.15) is 4.39 Å². The van der Waals surface area contributed by atoms with Crippen LogP contribution in [0.15, 0.2) is 37.4 Å². The molecular formula is C12H14FNOS. The Bertz CT molecular complexity index is 365. The SMILES string of the molecule is C=CCN(CC=C)C(C=O)c1ccc(F)s1. The minimum Gasteiger partial charge on any atom is -0.301 e. The number of aldehydes is 1. The van der Waals surface area contributed by atoms with Crippen molar-refractivity contribution < 1.29 is 9.18 Å². The van der Waals surface area contributed by atoms with Crippen molar-refractivity contribution in [3.63, 3.8) is 0 Å². The summed E-state index contributed by atoms with van der Waals surface area (Å²) in [5.74, 6) is 0. The molecule has 0 radical (unpaired) electrons. The Hall–Kier alpha value is -1.26. The van der Waals surface area contributed by atoms with Crippen molar-refractivity contribution >= 4 is 17.6 Å². The third-order valence-corrected chi connectivity index (χ3v) is 3.08. The molecule has 1 aromatic rings. The molecule has 0 bridgehead atoms. The van der Waals surface area contributed by atoms with Gasteiger partial charge in [-0.15, -0.1) is 24.5 Å². The number of hydrogen-bond acceptors (Lipinski definition) is 3. The molecule has 0 saturated heterocycles. The number of carbonyl (C=O) groups is 1. The molecule has 16 heavy (non-hydrogen) atoms. The van der Waals surface area contributed by atoms with Crippen LogP contribution in [0.5, 0.6) is 0 Å². The van der Waals surface area contributed by atoms with E-state index in [4.69, 9.17) is 0 Å². The van der Waals surface area contributed by atoms with Crippen LogP contribution in [0.25, 0.3) is 0 Å². The van der Waals surface area contributed by atoms with Gasteiger partial charge in [0.25, 0.3) is 0 Å². The van der Waals surface area contributed by atoms with Crippen LogP contribution in [0.1, 0.15) is 10.9 Å². The second-order valence-electron chi connectivity index (χ2n) is 3.25. The Labute approximate surface area is 98.7 Å². The molecule has 2 nitrogen and oxygen atoms in total. The molecule has 0 N–H and O–H groups in total. The van der Waals surface area contributed by atoms with Crippen LogP contribution in [0.3, 0.4) is 0 Å². The van der Waals surface area contributed by atoms with E-state index in [1.807, 2.05) is 4.90 Å². The minimum absolute atomic E-state index is 0.279. The number of thiophene rings is 1. The quantitative estimate of drug-likeness (QED) is 0.538. The summed E-state index contributed by atoms with van der Waals surface area (Å²) >= 11 is 0.992. The van der Waals surface area contributed by atoms with Gasteiger partial charge < -0.3 is 4.79 Å². The van der Waals surface area contributed by atoms with Crippen LogP contribution in [-0.4, -0.2) is 24.3 Å². The van der Waals surface area contributed by atoms with Crippen LogP contribution in [-0.2, 0) is 4.79 Å². The first-order valence-electron chi connectivity index (χ1n) is 4.89. The Kier molecular flexibility index (Phi) is 5.08. The zero-order valence-electron chi connectivity index (χ0n) is 8.93. The molecule has 0 saturated carbocycles. The summed E-state index contributed by atoms with van der Waals surface area (Å²) in [6.45, 7) is 8.40. The number of halogens is 1. The molecule has 1 unspecified atom stereocenters. The minimum atomic E-state index is -0.425. The average molecular weight is 239 g/mol. The summed E-state index contributed by atoms with van der Waals surface area (Å²) in [7, 11) is 0. The van der Waals surface area contributed by atoms with E-state index in [9.17, 15) is 9.18 Å². The Morgan fingerprint density at radius 3 is 2.38 bits per heavy atom. The Balaban J connectivity index is 2.88. The first-order chi connectivity index (χ1) is 7.72. The highest BCUT2D eigenvalue weighted by Crippen LogP contribution is 2.25. The van der Waals surface area contributed by atoms with Crippen LogP contribution >= 0.6 is 11.3 Å². The number of nitrogens with zero attached hydrogens (tertiary/aromatic N) is 1. The monoisotopic (exact) mass is 239 g/mol. The third-order valence-electron chi connectivity index (χ3n) is 2.14. The highest BCUT2D eigenvalue weighted by molar-refractivity contribution is 7.10. The van der Waals surface area contributed by atoms with Gasteiger partial charge in [-0.05, 0) is 12.1 Å². The number of rotatable bonds is 7. The zero-order valence-corrected chi connectivity index (χ0v) is 9.75. The third kappa shape index (κ3) is 3.12. The van der Waals surface area contributed by atoms with E-state index in [0.29, 0.717) is 18.0 Å². The first kappa shape index (κ1) is 12.8. The van der Waals surface area contributed by atoms with E-state index in [1.54, 1.807) is 18.2 Å². The van der Waals surface area contributed by atoms with Crippen LogP contribution in [0.4, 0.5) is 4.39 Å². The van der Waals surface area contributed by atoms with Crippen molar-refractivity contribution in [1.82, 2.24) is 4.90 Å². The Morgan fingerprint density at radius 1 is 1.38 bits per heavy atom. The van der Waals surface area contributed by atoms with Crippen LogP contribution in [0.2, 0.25) is 0 Å². The number of carbonyl (C=O) groups excluding carboxylic acids is 1. The zero-order chi connectivity index (χ0) is 12.0. The topological polar surface area (TPSA) is 20.3 Å². The van der Waals surface area contributed by atoms with Crippen molar-refractivity contribution in [3.05, 3.63) is 47.5 Å². The van der Waals surface area contributed by atoms with E-state index < -0.39 is 6.04 Å². The summed E-state index contributed by atoms with van der Waals surface area (Å²) < 4.78 is 12.9. The highest BCUT2D eigenvalue weighted by atomic mass is 32.1. The molecule has 1 aromatic heterocycles. The molecule has 1 rings (SSSR count). The summed E-state index contributed by atoms with van der Waals surface area (Å²) in [5.41, 5.74) is 0. The average Bonchev–Trinajstić information content (AvgIpc) is 2.67. The van der Waals surface area contributed by atoms with Gasteiger partial charge in [0, 0.05) is 18.0 Å². The maximum absolute atomic E-state index is 12.9. The van der Waals surface area contributed by atoms with Gasteiger partial charge in [-0.3, -0.25) is 4.90 Å². The van der Waals surface area contributed by atoms with E-state index in [-0.39, 0.29) is 5.13 Å². The van der Waals surface area contributed by atoms with Gasteiger partial charge in [0.2, 0.25) is 0 Å². The standard InChI is InChI=1S/C12H14FNOS/c1-3-7-14(8-4-2)10(9-15)11-5-6-12(13)16-11/h3-6,9-10H,1-2,7-8H2. The van der Waals surface area contributed by atoms with Gasteiger partial charge in [-0.25, -0.2) is 0 Å². The predicted molar refractivity (Wildman–Crippen MR) is 65.0 cm³/mol. The lowest BCUT2D eigenvalue weighted by Crippen LogP contribution is -2.29. The van der Waals surface area contributed by atoms with Crippen molar-refractivity contribution in [2.45, 2.75) is 6.04 Å². The molecule has 0 aliphatic heterocycles. The fraction of sp³-hybridized carbons (Fsp3) is 0.250. The number of hydrogen-bond donors (Lipinski definition) is 0. The maximum atomic E-state index is 12.9. The predicted octanol–water partition coefficient (Wildman–Crippen LogP) is 2.80. The lowest BCUT2D eigenvalue weighted by molar-refractivity contribution is -0.112. The van der Waals surface area contributed by atoms with Gasteiger partial charge in [0.1, 0.15) is 12.3 Å². The van der Waals surface area contributed by atoms with Gasteiger partial charge in [0.05, 0.1) is 0 Å². The van der Waals surface area contributed by atoms with Crippen molar-refractivity contribution in [2.24, 2.45) is 0 Å². The van der Waals surface area contributed by atoms with E-state index >= 15 is 0 Å². The second-order valence-corrected chi connectivity index (χ2v) is 4.32. The molecule has 1 atom stereocenters. The largest absolute Gasteiger partial charge is 0.301 e. The smallest absolute Gasteiger partial charge is 0.176 e. The van der Waals surface area contributed by atoms with Crippen LogP contribution in [0, 0.1) is 5.13 Å². The molecule has 0 aromatic carbocycles. The van der Waals surface area contributed by atoms with Crippen molar-refractivity contribution in [1.29, 1.82) is 0 Å². The fourth-order valence-corrected chi connectivity index (χ4v) is 2.28. The van der Waals surface area contributed by atoms with Crippen LogP contribution < -0.4 is 0 Å². The maximum Gasteiger partial charge on any atom is 0.176 e. The fourth-order valence-electron chi connectivity index (χ4n) is 1.45. The summed E-state index contributed by atoms with van der Waals surface area (Å²) in [6, 6.07) is 2.58.